The number of esters is 1. The number of unbranched alkanes of at least 4 members (excludes halogenated alkanes) is 3. The molecule has 0 unspecified atom stereocenters. The fourth-order valence-electron chi connectivity index (χ4n) is 6.41. The monoisotopic (exact) mass is 852 g/mol. The summed E-state index contributed by atoms with van der Waals surface area (Å²) in [6, 6.07) is 4.43. The fourth-order valence-corrected chi connectivity index (χ4v) is 7.07. The van der Waals surface area contributed by atoms with E-state index >= 15 is 0 Å². The van der Waals surface area contributed by atoms with Gasteiger partial charge in [0.2, 0.25) is 29.2 Å². The number of nitrogen functional groups attached to an aromatic ring is 1. The Hall–Kier alpha value is -4.88. The van der Waals surface area contributed by atoms with Crippen LogP contribution in [0.5, 0.6) is 5.75 Å². The maximum absolute atomic E-state index is 13.9. The molecule has 0 spiro atoms. The van der Waals surface area contributed by atoms with E-state index in [0.29, 0.717) is 17.8 Å². The number of aromatic nitrogens is 3. The van der Waals surface area contributed by atoms with Crippen molar-refractivity contribution in [2.24, 2.45) is 10.8 Å². The Bertz CT molecular complexity index is 2240. The predicted octanol–water partition coefficient (Wildman–Crippen LogP) is 6.25. The Morgan fingerprint density at radius 2 is 1.58 bits per heavy atom. The second-order valence-corrected chi connectivity index (χ2v) is 17.8. The molecule has 2 amide bonds. The van der Waals surface area contributed by atoms with Gasteiger partial charge in [0.25, 0.3) is 10.1 Å². The van der Waals surface area contributed by atoms with Gasteiger partial charge >= 0.3 is 5.97 Å². The first-order chi connectivity index (χ1) is 27.6. The van der Waals surface area contributed by atoms with E-state index in [4.69, 9.17) is 10.5 Å². The molecule has 1 atom stereocenters. The molecule has 59 heavy (non-hydrogen) atoms. The number of nitrogens with zero attached hydrogens (tertiary/aromatic N) is 2. The van der Waals surface area contributed by atoms with Crippen molar-refractivity contribution < 1.29 is 54.4 Å². The van der Waals surface area contributed by atoms with Crippen molar-refractivity contribution in [3.05, 3.63) is 58.9 Å². The highest BCUT2D eigenvalue weighted by Gasteiger charge is 2.31. The number of carbonyl (C=O) groups is 3. The Kier molecular flexibility index (Phi) is 15.8. The number of anilines is 1. The lowest BCUT2D eigenvalue weighted by molar-refractivity contribution is -0.138. The Labute approximate surface area is 340 Å². The molecule has 0 radical (unpaired) electrons. The van der Waals surface area contributed by atoms with Gasteiger partial charge in [-0.25, -0.2) is 18.7 Å². The van der Waals surface area contributed by atoms with Gasteiger partial charge in [-0.2, -0.15) is 17.2 Å². The van der Waals surface area contributed by atoms with Crippen molar-refractivity contribution >= 4 is 55.7 Å². The molecule has 4 rings (SSSR count). The molecule has 0 aliphatic carbocycles. The summed E-state index contributed by atoms with van der Waals surface area (Å²) in [5.41, 5.74) is 7.69. The van der Waals surface area contributed by atoms with Gasteiger partial charge in [0, 0.05) is 30.8 Å². The molecular weight excluding hydrogens is 801 g/mol. The number of rotatable bonds is 22. The number of amides is 2. The summed E-state index contributed by atoms with van der Waals surface area (Å²) in [4.78, 5) is 50.9. The molecule has 0 bridgehead atoms. The maximum atomic E-state index is 13.9. The van der Waals surface area contributed by atoms with Crippen LogP contribution in [0.3, 0.4) is 0 Å². The number of ether oxygens (including phenoxy) is 2. The Morgan fingerprint density at radius 1 is 0.915 bits per heavy atom. The number of carbonyl (C=O) groups excluding carboxylic acids is 3. The number of H-pyrrole nitrogens is 1. The molecular formula is C40H52F4N6O8S. The Morgan fingerprint density at radius 3 is 2.22 bits per heavy atom. The molecule has 0 fully saturated rings. The largest absolute Gasteiger partial charge is 0.420 e. The summed E-state index contributed by atoms with van der Waals surface area (Å²) in [7, 11) is -4.67. The third-order valence-corrected chi connectivity index (χ3v) is 10.1. The third-order valence-electron chi connectivity index (χ3n) is 9.34. The minimum atomic E-state index is -4.67. The number of aromatic amines is 1. The average Bonchev–Trinajstić information content (AvgIpc) is 3.56. The number of nitrogens with one attached hydrogen (secondary N) is 3. The van der Waals surface area contributed by atoms with E-state index in [1.54, 1.807) is 27.7 Å². The highest BCUT2D eigenvalue weighted by molar-refractivity contribution is 7.85. The summed E-state index contributed by atoms with van der Waals surface area (Å²) in [6.45, 7) is 8.56. The number of aryl methyl sites for hydroxylation is 2. The molecule has 4 aromatic rings. The zero-order valence-electron chi connectivity index (χ0n) is 33.8. The number of benzene rings is 2. The highest BCUT2D eigenvalue weighted by atomic mass is 32.2. The smallest absolute Gasteiger partial charge is 0.312 e. The molecule has 0 saturated carbocycles. The van der Waals surface area contributed by atoms with Crippen LogP contribution < -0.4 is 21.1 Å². The number of fused-ring (bicyclic) bond motifs is 3. The first-order valence-electron chi connectivity index (χ1n) is 19.3. The topological polar surface area (TPSA) is 216 Å². The molecule has 14 nitrogen and oxygen atoms in total. The second kappa shape index (κ2) is 19.9. The summed E-state index contributed by atoms with van der Waals surface area (Å²) in [5, 5.41) is 5.93. The molecule has 6 N–H and O–H groups in total. The van der Waals surface area contributed by atoms with Gasteiger partial charge in [0.15, 0.2) is 17.5 Å². The van der Waals surface area contributed by atoms with Crippen LogP contribution in [-0.2, 0) is 42.1 Å². The molecule has 0 aliphatic heterocycles. The number of hydrogen-bond donors (Lipinski definition) is 5. The summed E-state index contributed by atoms with van der Waals surface area (Å²) < 4.78 is 98.1. The minimum Gasteiger partial charge on any atom is -0.420 e. The number of hydrogen-bond acceptors (Lipinski definition) is 10. The lowest BCUT2D eigenvalue weighted by atomic mass is 9.88. The van der Waals surface area contributed by atoms with E-state index < -0.39 is 86.0 Å². The summed E-state index contributed by atoms with van der Waals surface area (Å²) in [6.07, 6.45) is 4.98. The van der Waals surface area contributed by atoms with Gasteiger partial charge in [-0.3, -0.25) is 18.9 Å². The third kappa shape index (κ3) is 13.8. The van der Waals surface area contributed by atoms with E-state index in [1.807, 2.05) is 18.2 Å². The summed E-state index contributed by atoms with van der Waals surface area (Å²) in [5.74, 6) is -11.2. The fraction of sp³-hybridized carbons (Fsp3) is 0.525. The molecule has 0 saturated heterocycles. The SMILES string of the molecule is CCCCc1nc2c(N)nc3cc(CCCCCNC(=O)[C@H](CS(=O)(=O)O)NC(=O)CC(C)(C)COCC(C)(C)CC(=O)Oc4c(F)c(F)cc(F)c4F)ccc3c2[nH]1. The zero-order valence-corrected chi connectivity index (χ0v) is 34.6. The van der Waals surface area contributed by atoms with Crippen LogP contribution in [0.2, 0.25) is 0 Å². The van der Waals surface area contributed by atoms with Gasteiger partial charge in [0.05, 0.1) is 30.7 Å². The van der Waals surface area contributed by atoms with E-state index in [0.717, 1.165) is 66.3 Å². The van der Waals surface area contributed by atoms with Crippen LogP contribution in [0, 0.1) is 34.1 Å². The van der Waals surface area contributed by atoms with E-state index in [1.165, 1.54) is 0 Å². The average molecular weight is 853 g/mol. The number of pyridine rings is 1. The standard InChI is InChI=1S/C40H52F4N6O8S/c1-6-7-12-29-49-34-24-14-13-23(16-27(24)48-37(45)35(34)50-29)11-9-8-10-15-46-38(53)28(20-59(54,55)56)47-30(51)18-39(2,3)21-57-22-40(4,5)19-31(52)58-36-32(43)25(41)17-26(42)33(36)44/h13-14,16-17,28H,6-12,15,18-22H2,1-5H3,(H2,45,48)(H,46,53)(H,47,51)(H,49,50)(H,54,55,56)/t28-/m0/s1. The second-order valence-electron chi connectivity index (χ2n) is 16.3. The van der Waals surface area contributed by atoms with Crippen LogP contribution in [-0.4, -0.2) is 77.3 Å². The first-order valence-corrected chi connectivity index (χ1v) is 20.9. The number of imidazole rings is 1. The first kappa shape index (κ1) is 46.8. The highest BCUT2D eigenvalue weighted by Crippen LogP contribution is 2.31. The van der Waals surface area contributed by atoms with Crippen molar-refractivity contribution in [3.8, 4) is 5.75 Å². The zero-order chi connectivity index (χ0) is 43.7. The van der Waals surface area contributed by atoms with Crippen LogP contribution >= 0.6 is 0 Å². The molecule has 2 aromatic carbocycles. The number of nitrogens with two attached hydrogens (primary N) is 1. The van der Waals surface area contributed by atoms with Crippen molar-refractivity contribution in [2.45, 2.75) is 98.4 Å². The van der Waals surface area contributed by atoms with E-state index in [-0.39, 0.29) is 32.2 Å². The van der Waals surface area contributed by atoms with Gasteiger partial charge in [0.1, 0.15) is 23.1 Å². The van der Waals surface area contributed by atoms with Gasteiger partial charge in [-0.1, -0.05) is 59.6 Å². The van der Waals surface area contributed by atoms with Crippen molar-refractivity contribution in [2.75, 3.05) is 31.2 Å². The lowest BCUT2D eigenvalue weighted by Gasteiger charge is -2.29. The quantitative estimate of drug-likeness (QED) is 0.0149. The maximum Gasteiger partial charge on any atom is 0.312 e. The molecule has 2 heterocycles. The van der Waals surface area contributed by atoms with Gasteiger partial charge in [-0.15, -0.1) is 0 Å². The number of halogens is 4. The van der Waals surface area contributed by atoms with Gasteiger partial charge in [-0.05, 0) is 48.1 Å². The van der Waals surface area contributed by atoms with Crippen LogP contribution in [0.1, 0.15) is 91.0 Å². The molecule has 2 aromatic heterocycles. The molecule has 0 aliphatic rings. The van der Waals surface area contributed by atoms with Crippen molar-refractivity contribution in [1.82, 2.24) is 25.6 Å². The van der Waals surface area contributed by atoms with Gasteiger partial charge < -0.3 is 30.8 Å². The summed E-state index contributed by atoms with van der Waals surface area (Å²) >= 11 is 0. The van der Waals surface area contributed by atoms with Crippen molar-refractivity contribution in [3.63, 3.8) is 0 Å². The Balaban J connectivity index is 1.21. The van der Waals surface area contributed by atoms with Crippen LogP contribution in [0.25, 0.3) is 21.9 Å². The van der Waals surface area contributed by atoms with Crippen LogP contribution in [0.15, 0.2) is 24.3 Å². The molecule has 19 heteroatoms. The normalized spacial score (nSPS) is 12.8. The van der Waals surface area contributed by atoms with E-state index in [9.17, 15) is 44.9 Å². The molecule has 324 valence electrons. The lowest BCUT2D eigenvalue weighted by Crippen LogP contribution is -2.51. The predicted molar refractivity (Wildman–Crippen MR) is 213 cm³/mol. The van der Waals surface area contributed by atoms with E-state index in [2.05, 4.69) is 37.2 Å². The van der Waals surface area contributed by atoms with Crippen LogP contribution in [0.4, 0.5) is 23.4 Å². The minimum absolute atomic E-state index is 0.0139. The van der Waals surface area contributed by atoms with Crippen molar-refractivity contribution in [1.29, 1.82) is 0 Å².